The minimum atomic E-state index is -3.83. The zero-order valence-electron chi connectivity index (χ0n) is 10.6. The lowest BCUT2D eigenvalue weighted by Gasteiger charge is -2.19. The first-order valence-electron chi connectivity index (χ1n) is 5.39. The van der Waals surface area contributed by atoms with Crippen LogP contribution in [-0.2, 0) is 18.6 Å². The molecule has 0 saturated carbocycles. The first-order valence-corrected chi connectivity index (χ1v) is 7.16. The molecule has 4 N–H and O–H groups in total. The van der Waals surface area contributed by atoms with E-state index in [0.29, 0.717) is 5.56 Å². The van der Waals surface area contributed by atoms with Gasteiger partial charge in [0.25, 0.3) is 5.69 Å². The number of methoxy groups -OCH3 is 1. The molecular weight excluding hydrogens is 289 g/mol. The van der Waals surface area contributed by atoms with Crippen molar-refractivity contribution in [1.29, 1.82) is 0 Å². The Labute approximate surface area is 114 Å². The van der Waals surface area contributed by atoms with Gasteiger partial charge in [-0.2, -0.15) is 0 Å². The number of ether oxygens (including phenoxy) is 1. The van der Waals surface area contributed by atoms with Gasteiger partial charge in [-0.15, -0.1) is 0 Å². The van der Waals surface area contributed by atoms with Gasteiger partial charge < -0.3 is 4.74 Å². The van der Waals surface area contributed by atoms with E-state index in [9.17, 15) is 19.5 Å². The van der Waals surface area contributed by atoms with E-state index in [0.717, 1.165) is 0 Å². The molecule has 1 aromatic rings. The van der Waals surface area contributed by atoms with Gasteiger partial charge in [0.05, 0.1) is 18.5 Å². The second kappa shape index (κ2) is 6.58. The van der Waals surface area contributed by atoms with Gasteiger partial charge in [0.15, 0.2) is 0 Å². The van der Waals surface area contributed by atoms with Gasteiger partial charge in [0.2, 0.25) is 0 Å². The van der Waals surface area contributed by atoms with E-state index in [1.165, 1.54) is 31.4 Å². The highest BCUT2D eigenvalue weighted by Gasteiger charge is 2.24. The summed E-state index contributed by atoms with van der Waals surface area (Å²) in [5.41, 5.74) is 10.5. The van der Waals surface area contributed by atoms with Crippen LogP contribution in [0.25, 0.3) is 0 Å². The Morgan fingerprint density at radius 3 is 2.35 bits per heavy atom. The lowest BCUT2D eigenvalue weighted by molar-refractivity contribution is -0.384. The summed E-state index contributed by atoms with van der Waals surface area (Å²) in [6.45, 7) is 0. The number of nitro benzene ring substituents is 1. The van der Waals surface area contributed by atoms with Crippen molar-refractivity contribution >= 4 is 19.3 Å². The standard InChI is InChI=1S/C10H14N3O6P/c1-18-10(14)6-9(19-20(11,12)17)7-2-4-8(5-3-7)13(15)16/h2-5,9H,6H2,1H3,(H4,11,12,17). The van der Waals surface area contributed by atoms with Crippen LogP contribution in [0, 0.1) is 10.1 Å². The Morgan fingerprint density at radius 2 is 1.95 bits per heavy atom. The van der Waals surface area contributed by atoms with Crippen LogP contribution in [0.5, 0.6) is 0 Å². The molecule has 20 heavy (non-hydrogen) atoms. The third-order valence-corrected chi connectivity index (χ3v) is 2.93. The van der Waals surface area contributed by atoms with Crippen LogP contribution in [0.4, 0.5) is 5.69 Å². The Balaban J connectivity index is 2.99. The Morgan fingerprint density at radius 1 is 1.40 bits per heavy atom. The summed E-state index contributed by atoms with van der Waals surface area (Å²) in [5.74, 6) is -0.623. The molecule has 1 atom stereocenters. The predicted octanol–water partition coefficient (Wildman–Crippen LogP) is 1.24. The number of carbonyl (C=O) groups is 1. The van der Waals surface area contributed by atoms with Crippen LogP contribution in [0.15, 0.2) is 24.3 Å². The van der Waals surface area contributed by atoms with Crippen LogP contribution in [0.2, 0.25) is 0 Å². The fraction of sp³-hybridized carbons (Fsp3) is 0.300. The molecule has 1 rings (SSSR count). The summed E-state index contributed by atoms with van der Waals surface area (Å²) in [5, 5.41) is 10.6. The van der Waals surface area contributed by atoms with E-state index < -0.39 is 24.7 Å². The molecule has 0 aliphatic heterocycles. The van der Waals surface area contributed by atoms with Crippen LogP contribution >= 0.6 is 7.67 Å². The zero-order valence-corrected chi connectivity index (χ0v) is 11.5. The highest BCUT2D eigenvalue weighted by Crippen LogP contribution is 2.37. The lowest BCUT2D eigenvalue weighted by Crippen LogP contribution is -2.16. The lowest BCUT2D eigenvalue weighted by atomic mass is 10.1. The normalized spacial score (nSPS) is 12.8. The predicted molar refractivity (Wildman–Crippen MR) is 69.5 cm³/mol. The molecule has 9 nitrogen and oxygen atoms in total. The number of hydrogen-bond acceptors (Lipinski definition) is 6. The molecule has 0 aliphatic carbocycles. The molecule has 0 radical (unpaired) electrons. The quantitative estimate of drug-likeness (QED) is 0.345. The van der Waals surface area contributed by atoms with Crippen LogP contribution in [0.3, 0.4) is 0 Å². The van der Waals surface area contributed by atoms with Crippen molar-refractivity contribution < 1.29 is 23.5 Å². The van der Waals surface area contributed by atoms with Gasteiger partial charge in [-0.3, -0.25) is 24.0 Å². The number of nitrogens with zero attached hydrogens (tertiary/aromatic N) is 1. The summed E-state index contributed by atoms with van der Waals surface area (Å²) in [7, 11) is -2.65. The van der Waals surface area contributed by atoms with Gasteiger partial charge in [-0.05, 0) is 17.7 Å². The van der Waals surface area contributed by atoms with Crippen molar-refractivity contribution in [3.05, 3.63) is 39.9 Å². The van der Waals surface area contributed by atoms with E-state index in [-0.39, 0.29) is 12.1 Å². The smallest absolute Gasteiger partial charge is 0.336 e. The first kappa shape index (κ1) is 16.3. The van der Waals surface area contributed by atoms with E-state index in [1.54, 1.807) is 0 Å². The molecule has 0 spiro atoms. The minimum absolute atomic E-state index is 0.130. The molecule has 1 unspecified atom stereocenters. The Bertz CT molecular complexity index is 540. The highest BCUT2D eigenvalue weighted by molar-refractivity contribution is 7.53. The first-order chi connectivity index (χ1) is 9.23. The zero-order chi connectivity index (χ0) is 15.3. The molecule has 0 aromatic heterocycles. The molecule has 0 saturated heterocycles. The summed E-state index contributed by atoms with van der Waals surface area (Å²) in [6.07, 6.45) is -1.28. The number of non-ortho nitro benzene ring substituents is 1. The Hall–Kier alpha value is -1.80. The molecule has 110 valence electrons. The average molecular weight is 303 g/mol. The molecule has 10 heteroatoms. The van der Waals surface area contributed by atoms with E-state index in [2.05, 4.69) is 4.74 Å². The second-order valence-electron chi connectivity index (χ2n) is 3.87. The molecule has 1 aromatic carbocycles. The maximum atomic E-state index is 11.3. The minimum Gasteiger partial charge on any atom is -0.469 e. The number of rotatable bonds is 6. The van der Waals surface area contributed by atoms with Gasteiger partial charge in [-0.25, -0.2) is 11.0 Å². The molecule has 0 fully saturated rings. The summed E-state index contributed by atoms with van der Waals surface area (Å²) in [6, 6.07) is 5.17. The topological polar surface area (TPSA) is 148 Å². The van der Waals surface area contributed by atoms with Crippen molar-refractivity contribution in [3.63, 3.8) is 0 Å². The second-order valence-corrected chi connectivity index (χ2v) is 5.37. The number of hydrogen-bond donors (Lipinski definition) is 2. The maximum absolute atomic E-state index is 11.3. The SMILES string of the molecule is COC(=O)CC(OP(N)(N)=O)c1ccc([N+](=O)[O-])cc1. The monoisotopic (exact) mass is 303 g/mol. The number of nitro groups is 1. The number of nitrogens with two attached hydrogens (primary N) is 2. The van der Waals surface area contributed by atoms with Gasteiger partial charge in [-0.1, -0.05) is 0 Å². The van der Waals surface area contributed by atoms with Gasteiger partial charge in [0.1, 0.15) is 6.10 Å². The van der Waals surface area contributed by atoms with Gasteiger partial charge in [0, 0.05) is 12.1 Å². The number of benzene rings is 1. The largest absolute Gasteiger partial charge is 0.469 e. The molecular formula is C10H14N3O6P. The van der Waals surface area contributed by atoms with Crippen molar-refractivity contribution in [1.82, 2.24) is 0 Å². The summed E-state index contributed by atoms with van der Waals surface area (Å²) < 4.78 is 20.7. The van der Waals surface area contributed by atoms with Crippen LogP contribution in [-0.4, -0.2) is 18.0 Å². The van der Waals surface area contributed by atoms with Crippen molar-refractivity contribution in [3.8, 4) is 0 Å². The molecule has 0 aliphatic rings. The van der Waals surface area contributed by atoms with Crippen LogP contribution in [0.1, 0.15) is 18.1 Å². The van der Waals surface area contributed by atoms with E-state index in [1.807, 2.05) is 0 Å². The summed E-state index contributed by atoms with van der Waals surface area (Å²) in [4.78, 5) is 21.3. The fourth-order valence-electron chi connectivity index (χ4n) is 1.46. The van der Waals surface area contributed by atoms with E-state index >= 15 is 0 Å². The molecule has 0 amide bonds. The van der Waals surface area contributed by atoms with Crippen molar-refractivity contribution in [2.75, 3.05) is 7.11 Å². The van der Waals surface area contributed by atoms with Crippen LogP contribution < -0.4 is 11.0 Å². The van der Waals surface area contributed by atoms with E-state index in [4.69, 9.17) is 15.5 Å². The fourth-order valence-corrected chi connectivity index (χ4v) is 2.05. The maximum Gasteiger partial charge on any atom is 0.336 e. The average Bonchev–Trinajstić information content (AvgIpc) is 2.36. The number of esters is 1. The third kappa shape index (κ3) is 5.06. The van der Waals surface area contributed by atoms with Gasteiger partial charge >= 0.3 is 13.6 Å². The highest BCUT2D eigenvalue weighted by atomic mass is 31.2. The molecule has 0 heterocycles. The van der Waals surface area contributed by atoms with Crippen molar-refractivity contribution in [2.24, 2.45) is 11.0 Å². The summed E-state index contributed by atoms with van der Waals surface area (Å²) >= 11 is 0. The third-order valence-electron chi connectivity index (χ3n) is 2.35. The Kier molecular flexibility index (Phi) is 5.34. The number of carbonyl (C=O) groups excluding carboxylic acids is 1. The molecule has 0 bridgehead atoms. The van der Waals surface area contributed by atoms with Crippen molar-refractivity contribution in [2.45, 2.75) is 12.5 Å².